The lowest BCUT2D eigenvalue weighted by molar-refractivity contribution is 0.537. The minimum atomic E-state index is -0.393. The fraction of sp³-hybridized carbons (Fsp3) is 0.190. The van der Waals surface area contributed by atoms with Gasteiger partial charge in [0.1, 0.15) is 5.82 Å². The summed E-state index contributed by atoms with van der Waals surface area (Å²) >= 11 is 0. The van der Waals surface area contributed by atoms with Crippen LogP contribution in [0.4, 0.5) is 0 Å². The number of rotatable bonds is 4. The summed E-state index contributed by atoms with van der Waals surface area (Å²) in [6, 6.07) is 62.4. The summed E-state index contributed by atoms with van der Waals surface area (Å²) in [5, 5.41) is 9.57. The fourth-order valence-electron chi connectivity index (χ4n) is 11.0. The molecule has 0 fully saturated rings. The van der Waals surface area contributed by atoms with Crippen molar-refractivity contribution in [3.8, 4) is 23.3 Å². The van der Waals surface area contributed by atoms with Crippen LogP contribution in [-0.4, -0.2) is 33.2 Å². The molecule has 13 rings (SSSR count). The van der Waals surface area contributed by atoms with Gasteiger partial charge >= 0.3 is 0 Å². The van der Waals surface area contributed by atoms with Crippen molar-refractivity contribution in [2.75, 3.05) is 0 Å². The van der Waals surface area contributed by atoms with Crippen LogP contribution in [0.3, 0.4) is 0 Å². The van der Waals surface area contributed by atoms with Gasteiger partial charge < -0.3 is 9.13 Å². The highest BCUT2D eigenvalue weighted by atomic mass is 15.3. The molecule has 0 aliphatic heterocycles. The number of benzene rings is 8. The molecule has 0 saturated carbocycles. The average Bonchev–Trinajstić information content (AvgIpc) is 4.07. The van der Waals surface area contributed by atoms with Gasteiger partial charge in [-0.1, -0.05) is 147 Å². The number of fused-ring (bicyclic) bond motifs is 12. The molecule has 5 heterocycles. The first-order valence-electron chi connectivity index (χ1n) is 24.5. The third kappa shape index (κ3) is 6.30. The number of nitrogens with zero attached hydrogens (tertiary/aromatic N) is 7. The first kappa shape index (κ1) is 42.1. The van der Waals surface area contributed by atoms with Gasteiger partial charge in [0.25, 0.3) is 0 Å². The van der Waals surface area contributed by atoms with Crippen LogP contribution in [-0.2, 0) is 16.2 Å². The van der Waals surface area contributed by atoms with Crippen LogP contribution in [0.25, 0.3) is 110 Å². The van der Waals surface area contributed by atoms with Crippen molar-refractivity contribution in [2.24, 2.45) is 0 Å². The van der Waals surface area contributed by atoms with Crippen LogP contribution in [0.15, 0.2) is 170 Å². The van der Waals surface area contributed by atoms with Crippen LogP contribution in [0.1, 0.15) is 79.3 Å². The van der Waals surface area contributed by atoms with E-state index in [0.717, 1.165) is 60.8 Å². The Bertz CT molecular complexity index is 3930. The Hall–Kier alpha value is -8.03. The van der Waals surface area contributed by atoms with Gasteiger partial charge in [0, 0.05) is 59.9 Å². The predicted octanol–water partition coefficient (Wildman–Crippen LogP) is 16.2. The quantitative estimate of drug-likeness (QED) is 0.177. The third-order valence-electron chi connectivity index (χ3n) is 14.6. The number of hydrogen-bond acceptors (Lipinski definition) is 3. The van der Waals surface area contributed by atoms with Gasteiger partial charge in [-0.3, -0.25) is 9.13 Å². The molecule has 7 nitrogen and oxygen atoms in total. The largest absolute Gasteiger partial charge is 0.309 e. The summed E-state index contributed by atoms with van der Waals surface area (Å²) in [6.07, 6.45) is 0. The maximum Gasteiger partial charge on any atom is 0.239 e. The van der Waals surface area contributed by atoms with E-state index in [9.17, 15) is 0 Å². The highest BCUT2D eigenvalue weighted by Crippen LogP contribution is 2.41. The molecule has 13 aromatic rings. The maximum absolute atomic E-state index is 5.58. The van der Waals surface area contributed by atoms with Gasteiger partial charge in [-0.25, -0.2) is 0 Å². The summed E-state index contributed by atoms with van der Waals surface area (Å²) in [4.78, 5) is 16.4. The maximum atomic E-state index is 5.58. The molecule has 0 bridgehead atoms. The molecule has 0 aliphatic carbocycles. The SMILES string of the molecule is CC(C)(C)c1ccc2c(c1)c1cc(-n3c4ccccc4c4ccccc43)ccc1n2-c1nc(-n2c3ccc(-n4c5ccccc5c5ccccc54)cc3c3cc(C(C)(C)C)ccc32)nc(C(C)(C)C)n1. The van der Waals surface area contributed by atoms with Crippen LogP contribution >= 0.6 is 0 Å². The Morgan fingerprint density at radius 1 is 0.271 bits per heavy atom. The van der Waals surface area contributed by atoms with Gasteiger partial charge in [-0.15, -0.1) is 0 Å². The molecule has 5 aromatic heterocycles. The lowest BCUT2D eigenvalue weighted by Crippen LogP contribution is -2.21. The van der Waals surface area contributed by atoms with E-state index in [1.807, 2.05) is 0 Å². The van der Waals surface area contributed by atoms with E-state index < -0.39 is 5.41 Å². The predicted molar refractivity (Wildman–Crippen MR) is 293 cm³/mol. The molecule has 0 aliphatic rings. The zero-order valence-corrected chi connectivity index (χ0v) is 41.3. The minimum absolute atomic E-state index is 0.0579. The van der Waals surface area contributed by atoms with Gasteiger partial charge in [-0.2, -0.15) is 15.0 Å². The molecular formula is C63H55N7. The van der Waals surface area contributed by atoms with Crippen molar-refractivity contribution in [2.45, 2.75) is 78.6 Å². The number of para-hydroxylation sites is 4. The summed E-state index contributed by atoms with van der Waals surface area (Å²) in [5.74, 6) is 1.90. The normalized spacial score (nSPS) is 12.9. The van der Waals surface area contributed by atoms with Gasteiger partial charge in [0.15, 0.2) is 0 Å². The van der Waals surface area contributed by atoms with Crippen molar-refractivity contribution < 1.29 is 0 Å². The molecule has 7 heteroatoms. The topological polar surface area (TPSA) is 58.4 Å². The highest BCUT2D eigenvalue weighted by Gasteiger charge is 2.27. The Morgan fingerprint density at radius 2 is 0.571 bits per heavy atom. The molecule has 0 unspecified atom stereocenters. The molecule has 0 atom stereocenters. The Labute approximate surface area is 407 Å². The molecule has 0 saturated heterocycles. The van der Waals surface area contributed by atoms with Crippen LogP contribution in [0, 0.1) is 0 Å². The molecule has 8 aromatic carbocycles. The van der Waals surface area contributed by atoms with E-state index in [-0.39, 0.29) is 10.8 Å². The first-order chi connectivity index (χ1) is 33.6. The smallest absolute Gasteiger partial charge is 0.239 e. The zero-order valence-electron chi connectivity index (χ0n) is 41.3. The Kier molecular flexibility index (Phi) is 8.87. The zero-order chi connectivity index (χ0) is 48.0. The lowest BCUT2D eigenvalue weighted by Gasteiger charge is -2.20. The Morgan fingerprint density at radius 3 is 0.900 bits per heavy atom. The fourth-order valence-corrected chi connectivity index (χ4v) is 11.0. The highest BCUT2D eigenvalue weighted by molar-refractivity contribution is 6.14. The van der Waals surface area contributed by atoms with E-state index >= 15 is 0 Å². The summed E-state index contributed by atoms with van der Waals surface area (Å²) < 4.78 is 9.33. The van der Waals surface area contributed by atoms with Crippen molar-refractivity contribution in [3.63, 3.8) is 0 Å². The second kappa shape index (κ2) is 14.7. The van der Waals surface area contributed by atoms with Crippen LogP contribution in [0.2, 0.25) is 0 Å². The summed E-state index contributed by atoms with van der Waals surface area (Å²) in [6.45, 7) is 20.3. The van der Waals surface area contributed by atoms with Crippen LogP contribution < -0.4 is 0 Å². The molecule has 0 spiro atoms. The van der Waals surface area contributed by atoms with Crippen molar-refractivity contribution >= 4 is 87.2 Å². The summed E-state index contributed by atoms with van der Waals surface area (Å²) in [7, 11) is 0. The first-order valence-corrected chi connectivity index (χ1v) is 24.5. The van der Waals surface area contributed by atoms with Crippen molar-refractivity contribution in [3.05, 3.63) is 187 Å². The summed E-state index contributed by atoms with van der Waals surface area (Å²) in [5.41, 5.74) is 13.2. The minimum Gasteiger partial charge on any atom is -0.309 e. The third-order valence-corrected chi connectivity index (χ3v) is 14.6. The van der Waals surface area contributed by atoms with Gasteiger partial charge in [0.2, 0.25) is 11.9 Å². The number of aromatic nitrogens is 7. The average molecular weight is 910 g/mol. The monoisotopic (exact) mass is 909 g/mol. The van der Waals surface area contributed by atoms with Crippen molar-refractivity contribution in [1.29, 1.82) is 0 Å². The van der Waals surface area contributed by atoms with E-state index in [4.69, 9.17) is 15.0 Å². The van der Waals surface area contributed by atoms with Crippen LogP contribution in [0.5, 0.6) is 0 Å². The van der Waals surface area contributed by atoms with E-state index in [0.29, 0.717) is 11.9 Å². The molecule has 0 radical (unpaired) electrons. The van der Waals surface area contributed by atoms with Crippen molar-refractivity contribution in [1.82, 2.24) is 33.2 Å². The van der Waals surface area contributed by atoms with Gasteiger partial charge in [-0.05, 0) is 107 Å². The standard InChI is InChI=1S/C63H55N7/c1-61(2,3)38-26-30-54-46(34-38)48-36-40(67-50-22-14-10-18-42(50)43-19-11-15-23-51(43)67)28-32-56(48)69(54)59-64-58(63(7,8)9)65-60(66-59)70-55-31-27-39(62(4,5)6)35-47(55)49-37-41(29-33-57(49)70)68-52-24-16-12-20-44(52)45-21-13-17-25-53(45)68/h10-37H,1-9H3. The van der Waals surface area contributed by atoms with E-state index in [1.165, 1.54) is 54.7 Å². The second-order valence-corrected chi connectivity index (χ2v) is 22.3. The molecule has 70 heavy (non-hydrogen) atoms. The van der Waals surface area contributed by atoms with E-state index in [2.05, 4.69) is 250 Å². The van der Waals surface area contributed by atoms with Gasteiger partial charge in [0.05, 0.1) is 44.1 Å². The van der Waals surface area contributed by atoms with E-state index in [1.54, 1.807) is 0 Å². The Balaban J connectivity index is 1.08. The second-order valence-electron chi connectivity index (χ2n) is 22.3. The lowest BCUT2D eigenvalue weighted by atomic mass is 9.86. The molecule has 0 amide bonds. The molecule has 342 valence electrons. The molecular weight excluding hydrogens is 855 g/mol. The number of hydrogen-bond donors (Lipinski definition) is 0. The molecule has 0 N–H and O–H groups in total.